The Labute approximate surface area is 77.0 Å². The van der Waals surface area contributed by atoms with E-state index < -0.39 is 0 Å². The fourth-order valence-corrected chi connectivity index (χ4v) is 1.45. The molecule has 1 saturated carbocycles. The summed E-state index contributed by atoms with van der Waals surface area (Å²) in [6.45, 7) is 0.533. The first-order valence-electron chi connectivity index (χ1n) is 4.15. The van der Waals surface area contributed by atoms with Crippen LogP contribution < -0.4 is 5.73 Å². The van der Waals surface area contributed by atoms with E-state index in [9.17, 15) is 4.79 Å². The molecule has 0 radical (unpaired) electrons. The van der Waals surface area contributed by atoms with Crippen molar-refractivity contribution in [3.8, 4) is 0 Å². The molecule has 1 fully saturated rings. The average molecular weight is 189 g/mol. The summed E-state index contributed by atoms with van der Waals surface area (Å²) >= 11 is 1.68. The van der Waals surface area contributed by atoms with Crippen molar-refractivity contribution in [3.63, 3.8) is 0 Å². The van der Waals surface area contributed by atoms with E-state index in [1.807, 2.05) is 6.26 Å². The lowest BCUT2D eigenvalue weighted by Gasteiger charge is -2.30. The summed E-state index contributed by atoms with van der Waals surface area (Å²) in [6, 6.07) is 0.225. The third kappa shape index (κ3) is 2.68. The number of rotatable bonds is 4. The molecule has 0 amide bonds. The fraction of sp³-hybridized carbons (Fsp3) is 0.875. The molecule has 0 unspecified atom stereocenters. The van der Waals surface area contributed by atoms with Gasteiger partial charge in [0.25, 0.3) is 0 Å². The molecule has 0 spiro atoms. The lowest BCUT2D eigenvalue weighted by atomic mass is 9.81. The maximum atomic E-state index is 11.2. The molecule has 0 saturated heterocycles. The summed E-state index contributed by atoms with van der Waals surface area (Å²) in [4.78, 5) is 11.2. The molecule has 1 aliphatic carbocycles. The van der Waals surface area contributed by atoms with Crippen LogP contribution in [0, 0.1) is 5.92 Å². The Morgan fingerprint density at radius 1 is 1.67 bits per heavy atom. The minimum Gasteiger partial charge on any atom is -0.465 e. The molecule has 1 aliphatic rings. The van der Waals surface area contributed by atoms with E-state index in [0.29, 0.717) is 6.61 Å². The second kappa shape index (κ2) is 4.72. The van der Waals surface area contributed by atoms with Gasteiger partial charge in [-0.15, -0.1) is 0 Å². The number of carbonyl (C=O) groups excluding carboxylic acids is 1. The Hall–Kier alpha value is -0.220. The van der Waals surface area contributed by atoms with Crippen LogP contribution in [0.4, 0.5) is 0 Å². The summed E-state index contributed by atoms with van der Waals surface area (Å²) in [5.74, 6) is 0.900. The van der Waals surface area contributed by atoms with Crippen LogP contribution in [-0.2, 0) is 9.53 Å². The Balaban J connectivity index is 2.04. The van der Waals surface area contributed by atoms with Crippen molar-refractivity contribution in [3.05, 3.63) is 0 Å². The zero-order valence-corrected chi connectivity index (χ0v) is 8.10. The topological polar surface area (TPSA) is 52.3 Å². The van der Waals surface area contributed by atoms with Crippen LogP contribution in [0.1, 0.15) is 12.8 Å². The number of hydrogen-bond donors (Lipinski definition) is 1. The standard InChI is InChI=1S/C8H15NO2S/c1-12-3-2-11-8(10)6-4-7(9)5-6/h6-7H,2-5,9H2,1H3. The second-order valence-corrected chi connectivity index (χ2v) is 4.07. The van der Waals surface area contributed by atoms with Crippen LogP contribution in [0.3, 0.4) is 0 Å². The Bertz CT molecular complexity index is 157. The third-order valence-corrected chi connectivity index (χ3v) is 2.61. The van der Waals surface area contributed by atoms with Gasteiger partial charge in [-0.05, 0) is 19.1 Å². The monoisotopic (exact) mass is 189 g/mol. The maximum absolute atomic E-state index is 11.2. The van der Waals surface area contributed by atoms with Crippen LogP contribution >= 0.6 is 11.8 Å². The molecule has 0 aromatic heterocycles. The SMILES string of the molecule is CSCCOC(=O)C1CC(N)C1. The van der Waals surface area contributed by atoms with Gasteiger partial charge in [-0.2, -0.15) is 11.8 Å². The molecule has 4 heteroatoms. The van der Waals surface area contributed by atoms with E-state index in [2.05, 4.69) is 0 Å². The fourth-order valence-electron chi connectivity index (χ4n) is 1.20. The molecule has 0 atom stereocenters. The van der Waals surface area contributed by atoms with Gasteiger partial charge in [0.1, 0.15) is 6.61 Å². The Morgan fingerprint density at radius 3 is 2.83 bits per heavy atom. The third-order valence-electron chi connectivity index (χ3n) is 2.04. The number of hydrogen-bond acceptors (Lipinski definition) is 4. The molecule has 0 bridgehead atoms. The highest BCUT2D eigenvalue weighted by Crippen LogP contribution is 2.26. The van der Waals surface area contributed by atoms with Crippen molar-refractivity contribution in [1.29, 1.82) is 0 Å². The van der Waals surface area contributed by atoms with Gasteiger partial charge in [0.05, 0.1) is 5.92 Å². The zero-order chi connectivity index (χ0) is 8.97. The van der Waals surface area contributed by atoms with Crippen LogP contribution in [0.25, 0.3) is 0 Å². The van der Waals surface area contributed by atoms with E-state index in [4.69, 9.17) is 10.5 Å². The minimum atomic E-state index is -0.0641. The van der Waals surface area contributed by atoms with Crippen molar-refractivity contribution >= 4 is 17.7 Å². The van der Waals surface area contributed by atoms with Crippen molar-refractivity contribution in [1.82, 2.24) is 0 Å². The maximum Gasteiger partial charge on any atom is 0.309 e. The van der Waals surface area contributed by atoms with Crippen LogP contribution in [0.15, 0.2) is 0 Å². The van der Waals surface area contributed by atoms with E-state index >= 15 is 0 Å². The summed E-state index contributed by atoms with van der Waals surface area (Å²) < 4.78 is 5.02. The number of carbonyl (C=O) groups is 1. The molecule has 2 N–H and O–H groups in total. The lowest BCUT2D eigenvalue weighted by molar-refractivity contribution is -0.151. The highest BCUT2D eigenvalue weighted by Gasteiger charge is 2.32. The molecule has 0 aromatic rings. The Kier molecular flexibility index (Phi) is 3.88. The number of ether oxygens (including phenoxy) is 1. The predicted molar refractivity (Wildman–Crippen MR) is 50.0 cm³/mol. The first kappa shape index (κ1) is 9.86. The van der Waals surface area contributed by atoms with Gasteiger partial charge in [0, 0.05) is 11.8 Å². The number of nitrogens with two attached hydrogens (primary N) is 1. The van der Waals surface area contributed by atoms with E-state index in [1.54, 1.807) is 11.8 Å². The van der Waals surface area contributed by atoms with Gasteiger partial charge < -0.3 is 10.5 Å². The molecule has 3 nitrogen and oxygen atoms in total. The van der Waals surface area contributed by atoms with Crippen LogP contribution in [-0.4, -0.2) is 30.6 Å². The molecular weight excluding hydrogens is 174 g/mol. The van der Waals surface area contributed by atoms with Gasteiger partial charge in [-0.25, -0.2) is 0 Å². The molecule has 0 aromatic carbocycles. The largest absolute Gasteiger partial charge is 0.465 e. The normalized spacial score (nSPS) is 27.8. The molecule has 1 rings (SSSR count). The van der Waals surface area contributed by atoms with Crippen molar-refractivity contribution < 1.29 is 9.53 Å². The highest BCUT2D eigenvalue weighted by atomic mass is 32.2. The number of thioether (sulfide) groups is 1. The molecule has 70 valence electrons. The van der Waals surface area contributed by atoms with Crippen molar-refractivity contribution in [2.24, 2.45) is 11.7 Å². The van der Waals surface area contributed by atoms with Gasteiger partial charge in [-0.1, -0.05) is 0 Å². The summed E-state index contributed by atoms with van der Waals surface area (Å²) in [5, 5.41) is 0. The molecular formula is C8H15NO2S. The summed E-state index contributed by atoms with van der Waals surface area (Å²) in [7, 11) is 0. The second-order valence-electron chi connectivity index (χ2n) is 3.09. The van der Waals surface area contributed by atoms with Crippen LogP contribution in [0.5, 0.6) is 0 Å². The Morgan fingerprint density at radius 2 is 2.33 bits per heavy atom. The van der Waals surface area contributed by atoms with Gasteiger partial charge >= 0.3 is 5.97 Å². The van der Waals surface area contributed by atoms with Crippen molar-refractivity contribution in [2.75, 3.05) is 18.6 Å². The minimum absolute atomic E-state index is 0.0641. The van der Waals surface area contributed by atoms with Gasteiger partial charge in [0.15, 0.2) is 0 Å². The summed E-state index contributed by atoms with van der Waals surface area (Å²) in [5.41, 5.74) is 5.55. The van der Waals surface area contributed by atoms with E-state index in [-0.39, 0.29) is 17.9 Å². The molecule has 0 aliphatic heterocycles. The van der Waals surface area contributed by atoms with Gasteiger partial charge in [0.2, 0.25) is 0 Å². The highest BCUT2D eigenvalue weighted by molar-refractivity contribution is 7.98. The predicted octanol–water partition coefficient (Wildman–Crippen LogP) is 0.630. The quantitative estimate of drug-likeness (QED) is 0.520. The first-order valence-corrected chi connectivity index (χ1v) is 5.54. The van der Waals surface area contributed by atoms with E-state index in [0.717, 1.165) is 18.6 Å². The lowest BCUT2D eigenvalue weighted by Crippen LogP contribution is -2.41. The van der Waals surface area contributed by atoms with Crippen molar-refractivity contribution in [2.45, 2.75) is 18.9 Å². The average Bonchev–Trinajstić information content (AvgIpc) is 1.99. The molecule has 0 heterocycles. The number of esters is 1. The first-order chi connectivity index (χ1) is 5.74. The zero-order valence-electron chi connectivity index (χ0n) is 7.29. The van der Waals surface area contributed by atoms with Gasteiger partial charge in [-0.3, -0.25) is 4.79 Å². The summed E-state index contributed by atoms with van der Waals surface area (Å²) in [6.07, 6.45) is 3.60. The van der Waals surface area contributed by atoms with Crippen LogP contribution in [0.2, 0.25) is 0 Å². The van der Waals surface area contributed by atoms with E-state index in [1.165, 1.54) is 0 Å². The smallest absolute Gasteiger partial charge is 0.309 e. The molecule has 12 heavy (non-hydrogen) atoms.